The minimum atomic E-state index is -1.57. The first kappa shape index (κ1) is 22.3. The van der Waals surface area contributed by atoms with Crippen molar-refractivity contribution in [2.24, 2.45) is 0 Å². The molecular formula is C24H15F7. The van der Waals surface area contributed by atoms with Gasteiger partial charge in [0.1, 0.15) is 11.6 Å². The van der Waals surface area contributed by atoms with E-state index >= 15 is 0 Å². The number of halogens is 7. The number of allylic oxidation sites excluding steroid dienone is 2. The fraction of sp³-hybridized carbons (Fsp3) is 0.0833. The predicted molar refractivity (Wildman–Crippen MR) is 105 cm³/mol. The molecule has 0 aromatic heterocycles. The molecule has 0 heterocycles. The summed E-state index contributed by atoms with van der Waals surface area (Å²) in [5.41, 5.74) is 0.173. The van der Waals surface area contributed by atoms with Crippen LogP contribution in [0.15, 0.2) is 67.0 Å². The molecule has 160 valence electrons. The molecule has 0 saturated carbocycles. The Morgan fingerprint density at radius 2 is 1.42 bits per heavy atom. The zero-order valence-corrected chi connectivity index (χ0v) is 16.0. The molecule has 31 heavy (non-hydrogen) atoms. The first-order chi connectivity index (χ1) is 14.7. The maximum Gasteiger partial charge on any atom is 0.194 e. The molecule has 0 aliphatic rings. The molecule has 0 spiro atoms. The van der Waals surface area contributed by atoms with Crippen molar-refractivity contribution < 1.29 is 30.7 Å². The first-order valence-electron chi connectivity index (χ1n) is 9.11. The third kappa shape index (κ3) is 4.87. The molecule has 0 fully saturated rings. The van der Waals surface area contributed by atoms with Gasteiger partial charge in [0, 0.05) is 11.1 Å². The van der Waals surface area contributed by atoms with E-state index in [9.17, 15) is 30.7 Å². The molecule has 0 saturated heterocycles. The third-order valence-corrected chi connectivity index (χ3v) is 4.70. The van der Waals surface area contributed by atoms with Gasteiger partial charge in [0.2, 0.25) is 0 Å². The second-order valence-corrected chi connectivity index (χ2v) is 6.74. The van der Waals surface area contributed by atoms with E-state index in [1.807, 2.05) is 0 Å². The maximum atomic E-state index is 14.5. The number of rotatable bonds is 6. The maximum absolute atomic E-state index is 14.5. The lowest BCUT2D eigenvalue weighted by Crippen LogP contribution is -1.99. The van der Waals surface area contributed by atoms with E-state index in [1.165, 1.54) is 18.2 Å². The van der Waals surface area contributed by atoms with Gasteiger partial charge in [0.15, 0.2) is 29.1 Å². The topological polar surface area (TPSA) is 0 Å². The van der Waals surface area contributed by atoms with Crippen molar-refractivity contribution in [3.63, 3.8) is 0 Å². The molecule has 0 atom stereocenters. The van der Waals surface area contributed by atoms with Crippen molar-refractivity contribution in [3.8, 4) is 11.1 Å². The standard InChI is InChI=1S/C24H15F7/c1-2-18(25)23(30)16-7-8-17(20(27)12-16)15-6-5-14(19(26)11-15)4-3-13-9-21(28)24(31)22(29)10-13/h2,5-12H,1,3-4H2. The molecule has 0 bridgehead atoms. The fourth-order valence-electron chi connectivity index (χ4n) is 3.06. The molecule has 7 heteroatoms. The van der Waals surface area contributed by atoms with Crippen molar-refractivity contribution >= 4 is 5.83 Å². The van der Waals surface area contributed by atoms with Crippen molar-refractivity contribution in [2.45, 2.75) is 12.8 Å². The Morgan fingerprint density at radius 1 is 0.742 bits per heavy atom. The largest absolute Gasteiger partial charge is 0.207 e. The summed E-state index contributed by atoms with van der Waals surface area (Å²) in [5.74, 6) is -8.30. The van der Waals surface area contributed by atoms with Gasteiger partial charge >= 0.3 is 0 Å². The Balaban J connectivity index is 1.82. The predicted octanol–water partition coefficient (Wildman–Crippen LogP) is 7.63. The molecule has 3 aromatic rings. The highest BCUT2D eigenvalue weighted by atomic mass is 19.2. The monoisotopic (exact) mass is 436 g/mol. The quantitative estimate of drug-likeness (QED) is 0.212. The number of aryl methyl sites for hydroxylation is 2. The van der Waals surface area contributed by atoms with Crippen LogP contribution in [0.25, 0.3) is 17.0 Å². The average Bonchev–Trinajstić information content (AvgIpc) is 2.75. The molecule has 0 N–H and O–H groups in total. The Bertz CT molecular complexity index is 1160. The van der Waals surface area contributed by atoms with E-state index in [1.54, 1.807) is 0 Å². The number of benzene rings is 3. The van der Waals surface area contributed by atoms with Gasteiger partial charge in [-0.15, -0.1) is 0 Å². The minimum Gasteiger partial charge on any atom is -0.207 e. The third-order valence-electron chi connectivity index (χ3n) is 4.70. The Kier molecular flexibility index (Phi) is 6.63. The smallest absolute Gasteiger partial charge is 0.194 e. The van der Waals surface area contributed by atoms with Crippen LogP contribution >= 0.6 is 0 Å². The summed E-state index contributed by atoms with van der Waals surface area (Å²) >= 11 is 0. The summed E-state index contributed by atoms with van der Waals surface area (Å²) in [5, 5.41) is 0. The van der Waals surface area contributed by atoms with Crippen molar-refractivity contribution in [3.05, 3.63) is 113 Å². The molecule has 3 rings (SSSR count). The highest BCUT2D eigenvalue weighted by Crippen LogP contribution is 2.30. The van der Waals surface area contributed by atoms with Gasteiger partial charge in [-0.3, -0.25) is 0 Å². The Morgan fingerprint density at radius 3 is 2.00 bits per heavy atom. The zero-order valence-electron chi connectivity index (χ0n) is 16.0. The van der Waals surface area contributed by atoms with E-state index in [0.29, 0.717) is 6.08 Å². The highest BCUT2D eigenvalue weighted by molar-refractivity contribution is 5.70. The Hall–Kier alpha value is -3.35. The van der Waals surface area contributed by atoms with Crippen molar-refractivity contribution in [2.75, 3.05) is 0 Å². The van der Waals surface area contributed by atoms with Crippen LogP contribution < -0.4 is 0 Å². The molecule has 0 aliphatic heterocycles. The molecule has 0 nitrogen and oxygen atoms in total. The van der Waals surface area contributed by atoms with Crippen LogP contribution in [0, 0.1) is 29.1 Å². The van der Waals surface area contributed by atoms with Gasteiger partial charge in [0.25, 0.3) is 0 Å². The Labute approximate surface area is 174 Å². The SMILES string of the molecule is C=CC(F)=C(F)c1ccc(-c2ccc(CCc3cc(F)c(F)c(F)c3)c(F)c2)c(F)c1. The van der Waals surface area contributed by atoms with Gasteiger partial charge in [-0.1, -0.05) is 30.8 Å². The minimum absolute atomic E-state index is 0.0244. The van der Waals surface area contributed by atoms with Gasteiger partial charge < -0.3 is 0 Å². The van der Waals surface area contributed by atoms with Gasteiger partial charge in [-0.2, -0.15) is 0 Å². The van der Waals surface area contributed by atoms with E-state index < -0.39 is 40.7 Å². The van der Waals surface area contributed by atoms with Crippen LogP contribution in [0.1, 0.15) is 16.7 Å². The van der Waals surface area contributed by atoms with E-state index in [4.69, 9.17) is 0 Å². The highest BCUT2D eigenvalue weighted by Gasteiger charge is 2.14. The van der Waals surface area contributed by atoms with Crippen LogP contribution in [0.5, 0.6) is 0 Å². The molecular weight excluding hydrogens is 421 g/mol. The van der Waals surface area contributed by atoms with Crippen LogP contribution in [-0.2, 0) is 12.8 Å². The van der Waals surface area contributed by atoms with Crippen molar-refractivity contribution in [1.82, 2.24) is 0 Å². The summed E-state index contributed by atoms with van der Waals surface area (Å²) in [4.78, 5) is 0. The summed E-state index contributed by atoms with van der Waals surface area (Å²) < 4.78 is 95.6. The van der Waals surface area contributed by atoms with Gasteiger partial charge in [-0.25, -0.2) is 30.7 Å². The molecule has 0 radical (unpaired) electrons. The lowest BCUT2D eigenvalue weighted by molar-refractivity contribution is 0.445. The molecule has 0 aliphatic carbocycles. The second-order valence-electron chi connectivity index (χ2n) is 6.74. The summed E-state index contributed by atoms with van der Waals surface area (Å²) in [6, 6.07) is 8.69. The van der Waals surface area contributed by atoms with Crippen LogP contribution in [0.4, 0.5) is 30.7 Å². The molecule has 0 unspecified atom stereocenters. The first-order valence-corrected chi connectivity index (χ1v) is 9.11. The van der Waals surface area contributed by atoms with Crippen LogP contribution in [0.3, 0.4) is 0 Å². The number of hydrogen-bond donors (Lipinski definition) is 0. The normalized spacial score (nSPS) is 12.0. The van der Waals surface area contributed by atoms with Crippen LogP contribution in [0.2, 0.25) is 0 Å². The van der Waals surface area contributed by atoms with Gasteiger partial charge in [-0.05, 0) is 59.9 Å². The van der Waals surface area contributed by atoms with Crippen molar-refractivity contribution in [1.29, 1.82) is 0 Å². The summed E-state index contributed by atoms with van der Waals surface area (Å²) in [6.07, 6.45) is 0.771. The van der Waals surface area contributed by atoms with E-state index in [-0.39, 0.29) is 40.7 Å². The lowest BCUT2D eigenvalue weighted by atomic mass is 9.98. The number of hydrogen-bond acceptors (Lipinski definition) is 0. The summed E-state index contributed by atoms with van der Waals surface area (Å²) in [7, 11) is 0. The average molecular weight is 436 g/mol. The molecule has 3 aromatic carbocycles. The summed E-state index contributed by atoms with van der Waals surface area (Å²) in [6.45, 7) is 3.10. The van der Waals surface area contributed by atoms with E-state index in [0.717, 1.165) is 30.3 Å². The zero-order chi connectivity index (χ0) is 22.7. The second kappa shape index (κ2) is 9.20. The van der Waals surface area contributed by atoms with Crippen LogP contribution in [-0.4, -0.2) is 0 Å². The van der Waals surface area contributed by atoms with E-state index in [2.05, 4.69) is 6.58 Å². The molecule has 0 amide bonds. The fourth-order valence-corrected chi connectivity index (χ4v) is 3.06. The van der Waals surface area contributed by atoms with Gasteiger partial charge in [0.05, 0.1) is 0 Å². The lowest BCUT2D eigenvalue weighted by Gasteiger charge is -2.09.